The van der Waals surface area contributed by atoms with Gasteiger partial charge in [0.25, 0.3) is 11.6 Å². The number of nitro groups is 1. The lowest BCUT2D eigenvalue weighted by atomic mass is 10.1. The van der Waals surface area contributed by atoms with E-state index in [0.717, 1.165) is 19.3 Å². The van der Waals surface area contributed by atoms with Crippen molar-refractivity contribution in [2.24, 2.45) is 5.41 Å². The molecule has 0 bridgehead atoms. The third kappa shape index (κ3) is 2.98. The molecule has 2 N–H and O–H groups in total. The smallest absolute Gasteiger partial charge is 0.287 e. The number of hydrogen-bond acceptors (Lipinski definition) is 4. The Bertz CT molecular complexity index is 520. The number of aliphatic hydroxyl groups is 1. The number of carbonyl (C=O) groups is 1. The van der Waals surface area contributed by atoms with Crippen LogP contribution in [-0.4, -0.2) is 33.7 Å². The molecule has 7 heteroatoms. The molecule has 1 amide bonds. The highest BCUT2D eigenvalue weighted by Crippen LogP contribution is 2.44. The van der Waals surface area contributed by atoms with Gasteiger partial charge >= 0.3 is 0 Å². The maximum Gasteiger partial charge on any atom is 0.287 e. The summed E-state index contributed by atoms with van der Waals surface area (Å²) in [4.78, 5) is 22.4. The number of amides is 1. The summed E-state index contributed by atoms with van der Waals surface area (Å²) in [5.41, 5.74) is 0.0447. The average molecular weight is 281 g/mol. The first-order chi connectivity index (χ1) is 9.51. The highest BCUT2D eigenvalue weighted by atomic mass is 16.6. The molecule has 0 atom stereocenters. The van der Waals surface area contributed by atoms with E-state index in [1.165, 1.54) is 12.3 Å². The van der Waals surface area contributed by atoms with Gasteiger partial charge in [-0.1, -0.05) is 6.92 Å². The highest BCUT2D eigenvalue weighted by Gasteiger charge is 2.42. The van der Waals surface area contributed by atoms with Crippen molar-refractivity contribution in [3.05, 3.63) is 28.1 Å². The fourth-order valence-corrected chi connectivity index (χ4v) is 2.14. The summed E-state index contributed by atoms with van der Waals surface area (Å²) in [5, 5.41) is 22.8. The highest BCUT2D eigenvalue weighted by molar-refractivity contribution is 5.93. The molecule has 1 aromatic rings. The monoisotopic (exact) mass is 281 g/mol. The molecule has 0 aliphatic heterocycles. The quantitative estimate of drug-likeness (QED) is 0.581. The molecule has 1 aromatic heterocycles. The minimum absolute atomic E-state index is 0.0589. The number of aliphatic hydroxyl groups excluding tert-OH is 1. The first kappa shape index (κ1) is 14.5. The van der Waals surface area contributed by atoms with Gasteiger partial charge in [-0.05, 0) is 19.3 Å². The van der Waals surface area contributed by atoms with Crippen molar-refractivity contribution in [2.45, 2.75) is 32.7 Å². The van der Waals surface area contributed by atoms with Crippen molar-refractivity contribution >= 4 is 11.6 Å². The van der Waals surface area contributed by atoms with Gasteiger partial charge in [-0.3, -0.25) is 14.9 Å². The lowest BCUT2D eigenvalue weighted by Gasteiger charge is -2.13. The van der Waals surface area contributed by atoms with E-state index in [0.29, 0.717) is 18.8 Å². The van der Waals surface area contributed by atoms with Crippen LogP contribution in [0.15, 0.2) is 12.3 Å². The van der Waals surface area contributed by atoms with Gasteiger partial charge in [0.2, 0.25) is 0 Å². The van der Waals surface area contributed by atoms with Crippen LogP contribution in [0.4, 0.5) is 5.69 Å². The van der Waals surface area contributed by atoms with Gasteiger partial charge in [-0.2, -0.15) is 0 Å². The van der Waals surface area contributed by atoms with Crippen LogP contribution in [0.25, 0.3) is 0 Å². The Morgan fingerprint density at radius 2 is 2.30 bits per heavy atom. The second kappa shape index (κ2) is 5.62. The summed E-state index contributed by atoms with van der Waals surface area (Å²) >= 11 is 0. The zero-order valence-electron chi connectivity index (χ0n) is 11.5. The predicted molar refractivity (Wildman–Crippen MR) is 72.5 cm³/mol. The number of hydrogen-bond donors (Lipinski definition) is 2. The molecule has 0 radical (unpaired) electrons. The molecular formula is C13H19N3O4. The predicted octanol–water partition coefficient (Wildman–Crippen LogP) is 1.31. The van der Waals surface area contributed by atoms with Crippen LogP contribution >= 0.6 is 0 Å². The zero-order chi connectivity index (χ0) is 14.8. The summed E-state index contributed by atoms with van der Waals surface area (Å²) in [7, 11) is 0. The van der Waals surface area contributed by atoms with E-state index in [2.05, 4.69) is 5.32 Å². The fraction of sp³-hybridized carbons (Fsp3) is 0.615. The summed E-state index contributed by atoms with van der Waals surface area (Å²) in [6.45, 7) is 2.97. The summed E-state index contributed by atoms with van der Waals surface area (Å²) in [6, 6.07) is 1.30. The second-order valence-electron chi connectivity index (χ2n) is 5.37. The lowest BCUT2D eigenvalue weighted by Crippen LogP contribution is -2.33. The van der Waals surface area contributed by atoms with Crippen molar-refractivity contribution in [1.82, 2.24) is 9.88 Å². The fourth-order valence-electron chi connectivity index (χ4n) is 2.14. The van der Waals surface area contributed by atoms with E-state index < -0.39 is 4.92 Å². The van der Waals surface area contributed by atoms with Gasteiger partial charge < -0.3 is 15.0 Å². The Hall–Kier alpha value is -1.89. The molecule has 1 aliphatic carbocycles. The molecule has 7 nitrogen and oxygen atoms in total. The van der Waals surface area contributed by atoms with Gasteiger partial charge in [-0.25, -0.2) is 0 Å². The van der Waals surface area contributed by atoms with Crippen LogP contribution in [0.5, 0.6) is 0 Å². The van der Waals surface area contributed by atoms with E-state index in [-0.39, 0.29) is 23.6 Å². The van der Waals surface area contributed by atoms with Crippen molar-refractivity contribution in [1.29, 1.82) is 0 Å². The van der Waals surface area contributed by atoms with Gasteiger partial charge in [-0.15, -0.1) is 0 Å². The first-order valence-electron chi connectivity index (χ1n) is 6.75. The molecule has 1 saturated carbocycles. The topological polar surface area (TPSA) is 97.4 Å². The van der Waals surface area contributed by atoms with E-state index in [4.69, 9.17) is 0 Å². The average Bonchev–Trinajstić information content (AvgIpc) is 3.09. The maximum absolute atomic E-state index is 12.1. The van der Waals surface area contributed by atoms with Crippen LogP contribution in [0.1, 0.15) is 36.7 Å². The summed E-state index contributed by atoms with van der Waals surface area (Å²) in [6.07, 6.45) is 3.98. The number of nitrogens with one attached hydrogen (secondary N) is 1. The number of rotatable bonds is 7. The molecule has 0 unspecified atom stereocenters. The third-order valence-corrected chi connectivity index (χ3v) is 3.71. The molecule has 1 aliphatic rings. The van der Waals surface area contributed by atoms with Crippen LogP contribution in [0.3, 0.4) is 0 Å². The third-order valence-electron chi connectivity index (χ3n) is 3.71. The first-order valence-corrected chi connectivity index (χ1v) is 6.75. The SMILES string of the molecule is CCCn1cc([N+](=O)[O-])cc1C(=O)NCC1(CO)CC1. The minimum atomic E-state index is -0.501. The molecule has 0 saturated heterocycles. The molecule has 1 heterocycles. The minimum Gasteiger partial charge on any atom is -0.396 e. The Balaban J connectivity index is 2.09. The second-order valence-corrected chi connectivity index (χ2v) is 5.37. The summed E-state index contributed by atoms with van der Waals surface area (Å²) in [5.74, 6) is -0.328. The largest absolute Gasteiger partial charge is 0.396 e. The standard InChI is InChI=1S/C13H19N3O4/c1-2-5-15-7-10(16(19)20)6-11(15)12(18)14-8-13(9-17)3-4-13/h6-7,17H,2-5,8-9H2,1H3,(H,14,18). The molecule has 0 spiro atoms. The van der Waals surface area contributed by atoms with E-state index in [1.807, 2.05) is 6.92 Å². The molecule has 20 heavy (non-hydrogen) atoms. The van der Waals surface area contributed by atoms with Gasteiger partial charge in [0.15, 0.2) is 0 Å². The summed E-state index contributed by atoms with van der Waals surface area (Å²) < 4.78 is 1.60. The lowest BCUT2D eigenvalue weighted by molar-refractivity contribution is -0.384. The van der Waals surface area contributed by atoms with Crippen molar-refractivity contribution in [2.75, 3.05) is 13.2 Å². The van der Waals surface area contributed by atoms with E-state index in [1.54, 1.807) is 4.57 Å². The van der Waals surface area contributed by atoms with Crippen molar-refractivity contribution in [3.8, 4) is 0 Å². The Labute approximate surface area is 116 Å². The van der Waals surface area contributed by atoms with Crippen LogP contribution in [0.2, 0.25) is 0 Å². The Kier molecular flexibility index (Phi) is 4.08. The Morgan fingerprint density at radius 1 is 1.60 bits per heavy atom. The van der Waals surface area contributed by atoms with E-state index >= 15 is 0 Å². The number of carbonyl (C=O) groups excluding carboxylic acids is 1. The normalized spacial score (nSPS) is 15.9. The van der Waals surface area contributed by atoms with Crippen LogP contribution in [-0.2, 0) is 6.54 Å². The van der Waals surface area contributed by atoms with Crippen molar-refractivity contribution in [3.63, 3.8) is 0 Å². The van der Waals surface area contributed by atoms with Gasteiger partial charge in [0.1, 0.15) is 5.69 Å². The number of nitrogens with zero attached hydrogens (tertiary/aromatic N) is 2. The number of aryl methyl sites for hydroxylation is 1. The molecular weight excluding hydrogens is 262 g/mol. The van der Waals surface area contributed by atoms with Crippen molar-refractivity contribution < 1.29 is 14.8 Å². The Morgan fingerprint density at radius 3 is 2.80 bits per heavy atom. The van der Waals surface area contributed by atoms with E-state index in [9.17, 15) is 20.0 Å². The maximum atomic E-state index is 12.1. The van der Waals surface area contributed by atoms with Crippen LogP contribution < -0.4 is 5.32 Å². The number of aromatic nitrogens is 1. The molecule has 2 rings (SSSR count). The van der Waals surface area contributed by atoms with Crippen LogP contribution in [0, 0.1) is 15.5 Å². The zero-order valence-corrected chi connectivity index (χ0v) is 11.5. The van der Waals surface area contributed by atoms with Gasteiger partial charge in [0, 0.05) is 24.6 Å². The molecule has 110 valence electrons. The molecule has 0 aromatic carbocycles. The van der Waals surface area contributed by atoms with Gasteiger partial charge in [0.05, 0.1) is 17.7 Å². The molecule has 1 fully saturated rings.